The second kappa shape index (κ2) is 9.07. The number of hydrogen-bond acceptors (Lipinski definition) is 4. The van der Waals surface area contributed by atoms with Crippen LogP contribution in [0.2, 0.25) is 0 Å². The van der Waals surface area contributed by atoms with E-state index in [2.05, 4.69) is 5.32 Å². The maximum absolute atomic E-state index is 11.2. The molecule has 0 saturated heterocycles. The summed E-state index contributed by atoms with van der Waals surface area (Å²) in [6.07, 6.45) is 6.09. The van der Waals surface area contributed by atoms with Gasteiger partial charge in [-0.25, -0.2) is 10.9 Å². The van der Waals surface area contributed by atoms with Gasteiger partial charge in [-0.1, -0.05) is 30.0 Å². The first-order valence-electron chi connectivity index (χ1n) is 6.44. The molecule has 0 saturated carbocycles. The molecule has 1 aliphatic carbocycles. The molecule has 0 bridgehead atoms. The van der Waals surface area contributed by atoms with Gasteiger partial charge in [-0.2, -0.15) is 12.1 Å². The van der Waals surface area contributed by atoms with E-state index >= 15 is 0 Å². The van der Waals surface area contributed by atoms with Gasteiger partial charge in [0, 0.05) is 17.1 Å². The van der Waals surface area contributed by atoms with E-state index in [0.717, 1.165) is 5.69 Å². The van der Waals surface area contributed by atoms with E-state index in [0.29, 0.717) is 5.57 Å². The predicted octanol–water partition coefficient (Wildman–Crippen LogP) is 2.99. The summed E-state index contributed by atoms with van der Waals surface area (Å²) in [6, 6.07) is 7.33. The minimum absolute atomic E-state index is 0. The van der Waals surface area contributed by atoms with Crippen molar-refractivity contribution in [3.63, 3.8) is 0 Å². The smallest absolute Gasteiger partial charge is 0.410 e. The van der Waals surface area contributed by atoms with Crippen molar-refractivity contribution in [2.75, 3.05) is 5.32 Å². The van der Waals surface area contributed by atoms with Crippen LogP contribution in [0.4, 0.5) is 10.5 Å². The average molecular weight is 345 g/mol. The van der Waals surface area contributed by atoms with E-state index in [9.17, 15) is 9.90 Å². The molecule has 1 aromatic rings. The predicted molar refractivity (Wildman–Crippen MR) is 79.8 cm³/mol. The largest absolute Gasteiger partial charge is 0.629 e. The molecule has 1 aromatic carbocycles. The van der Waals surface area contributed by atoms with Gasteiger partial charge in [-0.15, -0.1) is 6.07 Å². The van der Waals surface area contributed by atoms with Gasteiger partial charge >= 0.3 is 6.09 Å². The van der Waals surface area contributed by atoms with Gasteiger partial charge < -0.3 is 20.3 Å². The third-order valence-corrected chi connectivity index (χ3v) is 2.22. The summed E-state index contributed by atoms with van der Waals surface area (Å²) in [7, 11) is 0. The Morgan fingerprint density at radius 3 is 2.27 bits per heavy atom. The molecule has 0 aliphatic heterocycles. The standard InChI is InChI=1S/C10H14NO2.C6H6O2.Fe/c1-10(2,3)13-9(12)11-8-6-4-5-7-8;7-6(8)5-3-1-2-4-5;/h4-7H,1-3H3,(H,11,12);1-4,7-8H;/q-1;;/p-1. The Morgan fingerprint density at radius 1 is 1.32 bits per heavy atom. The third-order valence-electron chi connectivity index (χ3n) is 2.22. The van der Waals surface area contributed by atoms with E-state index < -0.39 is 17.6 Å². The molecular formula is C16H19FeNO4-2. The Labute approximate surface area is 140 Å². The van der Waals surface area contributed by atoms with Gasteiger partial charge in [0.1, 0.15) is 5.60 Å². The number of rotatable bonds is 1. The molecular weight excluding hydrogens is 326 g/mol. The molecule has 0 fully saturated rings. The van der Waals surface area contributed by atoms with Crippen molar-refractivity contribution >= 4 is 11.8 Å². The van der Waals surface area contributed by atoms with Crippen LogP contribution in [-0.2, 0) is 21.8 Å². The van der Waals surface area contributed by atoms with E-state index in [1.54, 1.807) is 24.3 Å². The van der Waals surface area contributed by atoms with E-state index in [1.165, 1.54) is 0 Å². The summed E-state index contributed by atoms with van der Waals surface area (Å²) < 4.78 is 5.06. The zero-order valence-electron chi connectivity index (χ0n) is 12.6. The van der Waals surface area contributed by atoms with Gasteiger partial charge in [0.2, 0.25) is 0 Å². The molecule has 1 aliphatic rings. The number of hydrogen-bond donors (Lipinski definition) is 2. The quantitative estimate of drug-likeness (QED) is 0.466. The normalized spacial score (nSPS) is 12.0. The Bertz CT molecular complexity index is 533. The molecule has 5 nitrogen and oxygen atoms in total. The zero-order valence-corrected chi connectivity index (χ0v) is 13.7. The maximum Gasteiger partial charge on any atom is 0.410 e. The van der Waals surface area contributed by atoms with Crippen molar-refractivity contribution in [3.05, 3.63) is 60.1 Å². The first kappa shape index (κ1) is 20.0. The number of anilines is 1. The Kier molecular flexibility index (Phi) is 8.23. The molecule has 6 heteroatoms. The molecule has 2 rings (SSSR count). The van der Waals surface area contributed by atoms with Crippen LogP contribution < -0.4 is 10.4 Å². The molecule has 0 heterocycles. The average Bonchev–Trinajstić information content (AvgIpc) is 2.98. The molecule has 2 N–H and O–H groups in total. The third kappa shape index (κ3) is 8.29. The Balaban J connectivity index is 0.000000423. The summed E-state index contributed by atoms with van der Waals surface area (Å²) in [6.45, 7) is 5.49. The van der Waals surface area contributed by atoms with Crippen LogP contribution in [0.3, 0.4) is 0 Å². The first-order valence-corrected chi connectivity index (χ1v) is 6.44. The Hall–Kier alpha value is -2.04. The molecule has 0 unspecified atom stereocenters. The Morgan fingerprint density at radius 2 is 1.91 bits per heavy atom. The van der Waals surface area contributed by atoms with Crippen LogP contribution in [0.25, 0.3) is 0 Å². The monoisotopic (exact) mass is 345 g/mol. The first-order chi connectivity index (χ1) is 9.78. The number of allylic oxidation sites excluding steroid dienone is 5. The van der Waals surface area contributed by atoms with Gasteiger partial charge in [0.05, 0.1) is 5.95 Å². The fourth-order valence-electron chi connectivity index (χ4n) is 1.40. The maximum atomic E-state index is 11.2. The van der Waals surface area contributed by atoms with Crippen molar-refractivity contribution in [2.45, 2.75) is 26.4 Å². The van der Waals surface area contributed by atoms with Crippen LogP contribution in [0.15, 0.2) is 60.1 Å². The number of carbonyl (C=O) groups excluding carboxylic acids is 1. The van der Waals surface area contributed by atoms with E-state index in [-0.39, 0.29) is 17.1 Å². The van der Waals surface area contributed by atoms with Crippen molar-refractivity contribution in [1.82, 2.24) is 0 Å². The zero-order chi connectivity index (χ0) is 15.9. The summed E-state index contributed by atoms with van der Waals surface area (Å²) in [5, 5.41) is 21.0. The summed E-state index contributed by atoms with van der Waals surface area (Å²) >= 11 is 0. The fourth-order valence-corrected chi connectivity index (χ4v) is 1.40. The second-order valence-electron chi connectivity index (χ2n) is 5.28. The molecule has 122 valence electrons. The fraction of sp³-hybridized carbons (Fsp3) is 0.250. The van der Waals surface area contributed by atoms with Crippen molar-refractivity contribution < 1.29 is 36.8 Å². The van der Waals surface area contributed by atoms with Gasteiger partial charge in [0.15, 0.2) is 0 Å². The minimum atomic E-state index is -0.866. The van der Waals surface area contributed by atoms with Gasteiger partial charge in [-0.3, -0.25) is 0 Å². The van der Waals surface area contributed by atoms with Crippen molar-refractivity contribution in [3.8, 4) is 0 Å². The van der Waals surface area contributed by atoms with Crippen LogP contribution >= 0.6 is 0 Å². The number of nitrogens with one attached hydrogen (secondary N) is 1. The summed E-state index contributed by atoms with van der Waals surface area (Å²) in [5.41, 5.74) is 0.663. The van der Waals surface area contributed by atoms with Crippen LogP contribution in [0.5, 0.6) is 0 Å². The number of aliphatic hydroxyl groups is 1. The van der Waals surface area contributed by atoms with Crippen molar-refractivity contribution in [1.29, 1.82) is 0 Å². The van der Waals surface area contributed by atoms with Crippen LogP contribution in [-0.4, -0.2) is 16.8 Å². The molecule has 22 heavy (non-hydrogen) atoms. The molecule has 1 amide bonds. The number of carbonyl (C=O) groups is 1. The molecule has 0 spiro atoms. The molecule has 0 aromatic heterocycles. The van der Waals surface area contributed by atoms with Gasteiger partial charge in [0.25, 0.3) is 0 Å². The number of ether oxygens (including phenoxy) is 1. The molecule has 0 atom stereocenters. The van der Waals surface area contributed by atoms with E-state index in [1.807, 2.05) is 45.0 Å². The van der Waals surface area contributed by atoms with E-state index in [4.69, 9.17) is 9.84 Å². The van der Waals surface area contributed by atoms with Crippen molar-refractivity contribution in [2.24, 2.45) is 0 Å². The summed E-state index contributed by atoms with van der Waals surface area (Å²) in [5.74, 6) is -0.866. The minimum Gasteiger partial charge on any atom is -0.629 e. The van der Waals surface area contributed by atoms with Crippen LogP contribution in [0, 0.1) is 0 Å². The SMILES string of the molecule is CC(C)(C)OC(=O)Nc1ccc[cH-]1.[Fe].[O-]C(O)=C1C=CC=C1. The number of aliphatic hydroxyl groups excluding tert-OH is 1. The van der Waals surface area contributed by atoms with Gasteiger partial charge in [-0.05, 0) is 26.3 Å². The van der Waals surface area contributed by atoms with Crippen LogP contribution in [0.1, 0.15) is 20.8 Å². The second-order valence-corrected chi connectivity index (χ2v) is 5.28. The topological polar surface area (TPSA) is 81.6 Å². The molecule has 0 radical (unpaired) electrons. The number of amides is 1. The summed E-state index contributed by atoms with van der Waals surface area (Å²) in [4.78, 5) is 11.2.